The van der Waals surface area contributed by atoms with Gasteiger partial charge < -0.3 is 19.8 Å². The van der Waals surface area contributed by atoms with Crippen LogP contribution in [-0.2, 0) is 20.6 Å². The van der Waals surface area contributed by atoms with E-state index in [2.05, 4.69) is 25.1 Å². The molecule has 178 valence electrons. The topological polar surface area (TPSA) is 137 Å². The molecule has 0 aliphatic heterocycles. The number of halogens is 1. The van der Waals surface area contributed by atoms with Crippen LogP contribution >= 0.6 is 19.0 Å². The first-order valence-corrected chi connectivity index (χ1v) is 12.7. The Balaban J connectivity index is 1.72. The summed E-state index contributed by atoms with van der Waals surface area (Å²) in [5.41, 5.74) is 6.85. The van der Waals surface area contributed by atoms with Gasteiger partial charge in [0.2, 0.25) is 7.44 Å². The van der Waals surface area contributed by atoms with Crippen molar-refractivity contribution in [1.29, 1.82) is 0 Å². The van der Waals surface area contributed by atoms with Crippen LogP contribution in [0.15, 0.2) is 36.9 Å². The summed E-state index contributed by atoms with van der Waals surface area (Å²) in [5, 5.41) is 6.70. The Bertz CT molecular complexity index is 1150. The van der Waals surface area contributed by atoms with Gasteiger partial charge in [0.05, 0.1) is 24.5 Å². The molecule has 12 heteroatoms. The molecule has 0 radical (unpaired) electrons. The summed E-state index contributed by atoms with van der Waals surface area (Å²) in [6.45, 7) is 7.47. The van der Waals surface area contributed by atoms with E-state index < -0.39 is 13.0 Å². The third kappa shape index (κ3) is 6.59. The van der Waals surface area contributed by atoms with Crippen molar-refractivity contribution in [2.75, 3.05) is 12.1 Å². The predicted molar refractivity (Wildman–Crippen MR) is 129 cm³/mol. The zero-order valence-corrected chi connectivity index (χ0v) is 20.7. The van der Waals surface area contributed by atoms with Gasteiger partial charge in [-0.3, -0.25) is 4.57 Å². The first-order chi connectivity index (χ1) is 15.5. The monoisotopic (exact) mass is 493 g/mol. The van der Waals surface area contributed by atoms with E-state index in [1.54, 1.807) is 36.9 Å². The molecule has 0 saturated carbocycles. The molecule has 33 heavy (non-hydrogen) atoms. The van der Waals surface area contributed by atoms with Crippen LogP contribution in [0.3, 0.4) is 0 Å². The summed E-state index contributed by atoms with van der Waals surface area (Å²) in [6.07, 6.45) is 3.25. The number of nitrogen functional groups attached to an aromatic ring is 1. The number of aldehydes is 1. The van der Waals surface area contributed by atoms with Gasteiger partial charge in [0, 0.05) is 11.1 Å². The molecule has 0 aliphatic carbocycles. The lowest BCUT2D eigenvalue weighted by molar-refractivity contribution is -0.111. The maximum Gasteiger partial charge on any atom is 0.237 e. The van der Waals surface area contributed by atoms with Gasteiger partial charge in [0.15, 0.2) is 11.5 Å². The fourth-order valence-electron chi connectivity index (χ4n) is 3.33. The third-order valence-corrected chi connectivity index (χ3v) is 7.47. The van der Waals surface area contributed by atoms with E-state index in [-0.39, 0.29) is 18.5 Å². The highest BCUT2D eigenvalue weighted by molar-refractivity contribution is 7.59. The molecule has 1 aromatic carbocycles. The molecule has 3 rings (SSSR count). The molecule has 0 bridgehead atoms. The summed E-state index contributed by atoms with van der Waals surface area (Å²) in [5.74, 6) is 0.303. The number of rotatable bonds is 11. The molecule has 2 aromatic heterocycles. The first-order valence-electron chi connectivity index (χ1n) is 10.4. The largest absolute Gasteiger partial charge is 0.382 e. The molecule has 0 saturated heterocycles. The van der Waals surface area contributed by atoms with Crippen LogP contribution in [0.25, 0.3) is 11.2 Å². The highest BCUT2D eigenvalue weighted by Crippen LogP contribution is 2.42. The molecule has 0 aliphatic rings. The Morgan fingerprint density at radius 3 is 2.61 bits per heavy atom. The number of hydrogen-bond acceptors (Lipinski definition) is 7. The molecular formula is C21H29ClN7O3P. The van der Waals surface area contributed by atoms with Crippen molar-refractivity contribution in [2.45, 2.75) is 51.9 Å². The maximum absolute atomic E-state index is 13.8. The minimum atomic E-state index is -3.35. The second kappa shape index (κ2) is 10.3. The third-order valence-electron chi connectivity index (χ3n) is 4.96. The molecular weight excluding hydrogens is 465 g/mol. The van der Waals surface area contributed by atoms with Crippen molar-refractivity contribution in [3.05, 3.63) is 47.5 Å². The van der Waals surface area contributed by atoms with Crippen LogP contribution in [0.4, 0.5) is 5.82 Å². The minimum Gasteiger partial charge on any atom is -0.382 e. The lowest BCUT2D eigenvalue weighted by atomic mass is 10.1. The molecule has 0 spiro atoms. The molecule has 2 heterocycles. The van der Waals surface area contributed by atoms with Gasteiger partial charge in [-0.1, -0.05) is 23.7 Å². The van der Waals surface area contributed by atoms with Crippen molar-refractivity contribution >= 4 is 42.3 Å². The number of benzene rings is 1. The number of nitrogens with two attached hydrogens (primary N) is 1. The van der Waals surface area contributed by atoms with Gasteiger partial charge in [0.25, 0.3) is 0 Å². The molecule has 3 unspecified atom stereocenters. The van der Waals surface area contributed by atoms with Gasteiger partial charge >= 0.3 is 0 Å². The quantitative estimate of drug-likeness (QED) is 0.270. The minimum absolute atomic E-state index is 0.132. The smallest absolute Gasteiger partial charge is 0.237 e. The van der Waals surface area contributed by atoms with Crippen LogP contribution in [0.2, 0.25) is 5.02 Å². The van der Waals surface area contributed by atoms with E-state index >= 15 is 0 Å². The summed E-state index contributed by atoms with van der Waals surface area (Å²) in [6, 6.07) is 6.98. The van der Waals surface area contributed by atoms with Crippen molar-refractivity contribution in [2.24, 2.45) is 0 Å². The predicted octanol–water partition coefficient (Wildman–Crippen LogP) is 3.54. The molecule has 0 amide bonds. The van der Waals surface area contributed by atoms with Gasteiger partial charge in [-0.15, -0.1) is 0 Å². The number of aromatic nitrogens is 4. The van der Waals surface area contributed by atoms with Crippen LogP contribution in [0.5, 0.6) is 0 Å². The Labute approximate surface area is 197 Å². The number of ether oxygens (including phenoxy) is 1. The summed E-state index contributed by atoms with van der Waals surface area (Å²) >= 11 is 5.98. The lowest BCUT2D eigenvalue weighted by Gasteiger charge is -2.31. The number of nitrogens with one attached hydrogen (secondary N) is 2. The Morgan fingerprint density at radius 1 is 1.24 bits per heavy atom. The Morgan fingerprint density at radius 2 is 1.94 bits per heavy atom. The summed E-state index contributed by atoms with van der Waals surface area (Å²) in [7, 11) is -3.35. The van der Waals surface area contributed by atoms with E-state index in [1.807, 2.05) is 26.0 Å². The van der Waals surface area contributed by atoms with Crippen LogP contribution in [0, 0.1) is 0 Å². The van der Waals surface area contributed by atoms with E-state index in [0.717, 1.165) is 11.8 Å². The van der Waals surface area contributed by atoms with Gasteiger partial charge in [0.1, 0.15) is 24.5 Å². The number of anilines is 1. The summed E-state index contributed by atoms with van der Waals surface area (Å²) in [4.78, 5) is 23.9. The average molecular weight is 494 g/mol. The second-order valence-corrected chi connectivity index (χ2v) is 11.2. The highest BCUT2D eigenvalue weighted by Gasteiger charge is 2.32. The van der Waals surface area contributed by atoms with Gasteiger partial charge in [-0.25, -0.2) is 25.1 Å². The number of carbonyl (C=O) groups excluding carboxylic acids is 1. The normalized spacial score (nSPS) is 15.8. The molecule has 4 N–H and O–H groups in total. The molecule has 3 aromatic rings. The average Bonchev–Trinajstić information content (AvgIpc) is 3.16. The molecule has 0 fully saturated rings. The Kier molecular flexibility index (Phi) is 7.87. The highest BCUT2D eigenvalue weighted by atomic mass is 35.5. The van der Waals surface area contributed by atoms with Crippen molar-refractivity contribution in [1.82, 2.24) is 29.7 Å². The zero-order valence-electron chi connectivity index (χ0n) is 19.0. The van der Waals surface area contributed by atoms with Crippen molar-refractivity contribution in [3.63, 3.8) is 0 Å². The van der Waals surface area contributed by atoms with Crippen molar-refractivity contribution < 1.29 is 14.1 Å². The van der Waals surface area contributed by atoms with E-state index in [1.165, 1.54) is 6.33 Å². The molecule has 3 atom stereocenters. The first kappa shape index (κ1) is 25.3. The SMILES string of the molecule is CC(Cn1cnc2c(N)ncnc21)OCP(=O)(NC(C)c1ccc(Cl)cc1)NC(C)(C)C=O. The standard InChI is InChI=1S/C21H29ClN7O3P/c1-14(9-29-12-26-18-19(23)24-11-25-20(18)29)32-13-33(31,28-21(3,4)10-30)27-15(2)16-5-7-17(22)8-6-16/h5-8,10-12,14-15H,9,13H2,1-4H3,(H2,23,24,25)(H2,27,28,31). The van der Waals surface area contributed by atoms with E-state index in [4.69, 9.17) is 22.1 Å². The van der Waals surface area contributed by atoms with Gasteiger partial charge in [-0.2, -0.15) is 0 Å². The number of fused-ring (bicyclic) bond motifs is 1. The van der Waals surface area contributed by atoms with Gasteiger partial charge in [-0.05, 0) is 45.4 Å². The lowest BCUT2D eigenvalue weighted by Crippen LogP contribution is -2.43. The fraction of sp³-hybridized carbons (Fsp3) is 0.429. The number of imidazole rings is 1. The number of carbonyl (C=O) groups is 1. The van der Waals surface area contributed by atoms with Crippen LogP contribution in [0.1, 0.15) is 39.3 Å². The van der Waals surface area contributed by atoms with Crippen molar-refractivity contribution in [3.8, 4) is 0 Å². The van der Waals surface area contributed by atoms with E-state index in [9.17, 15) is 9.36 Å². The van der Waals surface area contributed by atoms with E-state index in [0.29, 0.717) is 28.5 Å². The summed E-state index contributed by atoms with van der Waals surface area (Å²) < 4.78 is 21.6. The second-order valence-electron chi connectivity index (χ2n) is 8.53. The van der Waals surface area contributed by atoms with Crippen LogP contribution in [-0.4, -0.2) is 43.8 Å². The zero-order chi connectivity index (χ0) is 24.2. The van der Waals surface area contributed by atoms with Crippen LogP contribution < -0.4 is 15.9 Å². The number of nitrogens with zero attached hydrogens (tertiary/aromatic N) is 4. The number of hydrogen-bond donors (Lipinski definition) is 3. The fourth-order valence-corrected chi connectivity index (χ4v) is 5.88. The Hall–Kier alpha value is -2.36. The molecule has 10 nitrogen and oxygen atoms in total. The maximum atomic E-state index is 13.8.